The van der Waals surface area contributed by atoms with Crippen LogP contribution in [0.3, 0.4) is 0 Å². The Morgan fingerprint density at radius 1 is 1.07 bits per heavy atom. The van der Waals surface area contributed by atoms with Crippen molar-refractivity contribution in [1.29, 1.82) is 0 Å². The Bertz CT molecular complexity index is 1270. The molecule has 2 N–H and O–H groups in total. The highest BCUT2D eigenvalue weighted by atomic mass is 19.4. The van der Waals surface area contributed by atoms with Crippen LogP contribution >= 0.6 is 0 Å². The first-order chi connectivity index (χ1) is 13.7. The number of carbonyl (C=O) groups excluding carboxylic acids is 1. The topological polar surface area (TPSA) is 48.0 Å². The zero-order valence-electron chi connectivity index (χ0n) is 14.6. The van der Waals surface area contributed by atoms with E-state index < -0.39 is 29.3 Å². The van der Waals surface area contributed by atoms with Gasteiger partial charge in [-0.05, 0) is 36.4 Å². The SMILES string of the molecule is NC(=O)c1cccc2c1c1[c]cc(C(F)(F)F)cc1n2Cc1cccc(F)c1F. The van der Waals surface area contributed by atoms with Crippen molar-refractivity contribution in [2.24, 2.45) is 5.73 Å². The summed E-state index contributed by atoms with van der Waals surface area (Å²) in [6.45, 7) is -0.249. The molecule has 8 heteroatoms. The monoisotopic (exact) mass is 403 g/mol. The van der Waals surface area contributed by atoms with Crippen molar-refractivity contribution in [2.75, 3.05) is 0 Å². The quantitative estimate of drug-likeness (QED) is 0.479. The van der Waals surface area contributed by atoms with Gasteiger partial charge in [0, 0.05) is 21.9 Å². The highest BCUT2D eigenvalue weighted by Crippen LogP contribution is 2.37. The third kappa shape index (κ3) is 3.10. The van der Waals surface area contributed by atoms with Crippen LogP contribution in [0.5, 0.6) is 0 Å². The number of hydrogen-bond acceptors (Lipinski definition) is 1. The van der Waals surface area contributed by atoms with E-state index >= 15 is 0 Å². The standard InChI is InChI=1S/C21H12F5N2O/c22-15-5-1-3-11(19(15)23)10-28-16-6-2-4-14(20(27)29)18(16)13-8-7-12(9-17(13)28)21(24,25)26/h1-7,9H,10H2,(H2,27,29). The summed E-state index contributed by atoms with van der Waals surface area (Å²) in [5, 5.41) is 0.541. The maximum atomic E-state index is 14.2. The van der Waals surface area contributed by atoms with E-state index in [1.807, 2.05) is 0 Å². The van der Waals surface area contributed by atoms with Gasteiger partial charge in [-0.25, -0.2) is 8.78 Å². The molecule has 0 fully saturated rings. The van der Waals surface area contributed by atoms with Crippen molar-refractivity contribution in [2.45, 2.75) is 12.7 Å². The summed E-state index contributed by atoms with van der Waals surface area (Å²) in [6.07, 6.45) is -4.62. The maximum absolute atomic E-state index is 14.2. The van der Waals surface area contributed by atoms with Gasteiger partial charge in [0.15, 0.2) is 11.6 Å². The van der Waals surface area contributed by atoms with Crippen LogP contribution in [0.2, 0.25) is 0 Å². The number of fused-ring (bicyclic) bond motifs is 3. The van der Waals surface area contributed by atoms with Gasteiger partial charge in [0.2, 0.25) is 5.91 Å². The van der Waals surface area contributed by atoms with Gasteiger partial charge in [-0.2, -0.15) is 13.2 Å². The number of aromatic nitrogens is 1. The number of nitrogens with two attached hydrogens (primary N) is 1. The van der Waals surface area contributed by atoms with Gasteiger partial charge < -0.3 is 10.3 Å². The molecule has 1 aromatic heterocycles. The van der Waals surface area contributed by atoms with E-state index in [4.69, 9.17) is 5.73 Å². The Kier molecular flexibility index (Phi) is 4.29. The molecule has 4 aromatic rings. The molecule has 0 aliphatic rings. The lowest BCUT2D eigenvalue weighted by molar-refractivity contribution is -0.137. The number of benzene rings is 3. The minimum Gasteiger partial charge on any atom is -0.366 e. The summed E-state index contributed by atoms with van der Waals surface area (Å²) in [5.41, 5.74) is 4.96. The van der Waals surface area contributed by atoms with Gasteiger partial charge in [-0.1, -0.05) is 18.2 Å². The molecule has 0 spiro atoms. The number of primary amides is 1. The number of halogens is 5. The van der Waals surface area contributed by atoms with Crippen LogP contribution < -0.4 is 5.73 Å². The highest BCUT2D eigenvalue weighted by Gasteiger charge is 2.31. The Morgan fingerprint density at radius 2 is 1.79 bits per heavy atom. The number of alkyl halides is 3. The van der Waals surface area contributed by atoms with E-state index in [0.29, 0.717) is 10.9 Å². The summed E-state index contributed by atoms with van der Waals surface area (Å²) in [6, 6.07) is 12.4. The number of nitrogens with zero attached hydrogens (tertiary/aromatic N) is 1. The fourth-order valence-corrected chi connectivity index (χ4v) is 3.44. The average molecular weight is 403 g/mol. The van der Waals surface area contributed by atoms with Gasteiger partial charge in [-0.3, -0.25) is 4.79 Å². The number of carbonyl (C=O) groups is 1. The van der Waals surface area contributed by atoms with Crippen molar-refractivity contribution in [3.05, 3.63) is 82.9 Å². The van der Waals surface area contributed by atoms with Gasteiger partial charge in [0.05, 0.1) is 23.1 Å². The van der Waals surface area contributed by atoms with Crippen LogP contribution in [0.4, 0.5) is 22.0 Å². The summed E-state index contributed by atoms with van der Waals surface area (Å²) in [4.78, 5) is 11.9. The lowest BCUT2D eigenvalue weighted by Gasteiger charge is -2.11. The van der Waals surface area contributed by atoms with Gasteiger partial charge in [0.1, 0.15) is 0 Å². The molecule has 3 aromatic carbocycles. The zero-order valence-corrected chi connectivity index (χ0v) is 14.6. The molecule has 0 saturated heterocycles. The Hall–Kier alpha value is -3.42. The minimum absolute atomic E-state index is 0.0503. The predicted octanol–water partition coefficient (Wildman–Crippen LogP) is 5.04. The summed E-state index contributed by atoms with van der Waals surface area (Å²) >= 11 is 0. The second-order valence-corrected chi connectivity index (χ2v) is 6.51. The Morgan fingerprint density at radius 3 is 2.48 bits per heavy atom. The van der Waals surface area contributed by atoms with E-state index in [1.54, 1.807) is 6.07 Å². The summed E-state index contributed by atoms with van der Waals surface area (Å²) < 4.78 is 69.0. The molecule has 0 aliphatic carbocycles. The highest BCUT2D eigenvalue weighted by molar-refractivity contribution is 6.17. The van der Waals surface area contributed by atoms with E-state index in [1.165, 1.54) is 28.8 Å². The molecule has 1 heterocycles. The van der Waals surface area contributed by atoms with E-state index in [2.05, 4.69) is 6.07 Å². The van der Waals surface area contributed by atoms with Gasteiger partial charge >= 0.3 is 6.18 Å². The second kappa shape index (κ2) is 6.58. The number of hydrogen-bond donors (Lipinski definition) is 1. The fraction of sp³-hybridized carbons (Fsp3) is 0.0952. The Balaban J connectivity index is 2.08. The van der Waals surface area contributed by atoms with Crippen LogP contribution in [0.15, 0.2) is 48.5 Å². The lowest BCUT2D eigenvalue weighted by atomic mass is 10.0. The molecular weight excluding hydrogens is 391 g/mol. The van der Waals surface area contributed by atoms with Crippen LogP contribution in [0, 0.1) is 17.7 Å². The largest absolute Gasteiger partial charge is 0.416 e. The molecule has 0 aliphatic heterocycles. The molecular formula is C21H12F5N2O. The average Bonchev–Trinajstić information content (AvgIpc) is 2.98. The van der Waals surface area contributed by atoms with Crippen molar-refractivity contribution in [1.82, 2.24) is 4.57 Å². The third-order valence-corrected chi connectivity index (χ3v) is 4.75. The normalized spacial score (nSPS) is 12.0. The van der Waals surface area contributed by atoms with Crippen LogP contribution in [0.25, 0.3) is 21.8 Å². The van der Waals surface area contributed by atoms with Crippen LogP contribution in [-0.4, -0.2) is 10.5 Å². The van der Waals surface area contributed by atoms with E-state index in [0.717, 1.165) is 18.2 Å². The summed E-state index contributed by atoms with van der Waals surface area (Å²) in [5.74, 6) is -2.92. The fourth-order valence-electron chi connectivity index (χ4n) is 3.44. The molecule has 0 saturated carbocycles. The van der Waals surface area contributed by atoms with Crippen molar-refractivity contribution < 1.29 is 26.7 Å². The molecule has 147 valence electrons. The molecule has 0 atom stereocenters. The predicted molar refractivity (Wildman–Crippen MR) is 97.3 cm³/mol. The lowest BCUT2D eigenvalue weighted by Crippen LogP contribution is -2.11. The van der Waals surface area contributed by atoms with Gasteiger partial charge in [0.25, 0.3) is 0 Å². The molecule has 0 unspecified atom stereocenters. The number of rotatable bonds is 3. The molecule has 29 heavy (non-hydrogen) atoms. The maximum Gasteiger partial charge on any atom is 0.416 e. The van der Waals surface area contributed by atoms with Crippen LogP contribution in [0.1, 0.15) is 21.5 Å². The second-order valence-electron chi connectivity index (χ2n) is 6.51. The van der Waals surface area contributed by atoms with E-state index in [-0.39, 0.29) is 28.6 Å². The van der Waals surface area contributed by atoms with Crippen molar-refractivity contribution in [3.63, 3.8) is 0 Å². The minimum atomic E-state index is -4.62. The van der Waals surface area contributed by atoms with E-state index in [9.17, 15) is 26.7 Å². The van der Waals surface area contributed by atoms with Crippen molar-refractivity contribution >= 4 is 27.7 Å². The first-order valence-electron chi connectivity index (χ1n) is 8.45. The third-order valence-electron chi connectivity index (χ3n) is 4.75. The number of amides is 1. The molecule has 1 amide bonds. The van der Waals surface area contributed by atoms with Crippen molar-refractivity contribution in [3.8, 4) is 0 Å². The summed E-state index contributed by atoms with van der Waals surface area (Å²) in [7, 11) is 0. The first-order valence-corrected chi connectivity index (χ1v) is 8.45. The Labute approximate surface area is 161 Å². The van der Waals surface area contributed by atoms with Crippen LogP contribution in [-0.2, 0) is 12.7 Å². The molecule has 4 rings (SSSR count). The molecule has 0 bridgehead atoms. The molecule has 1 radical (unpaired) electrons. The smallest absolute Gasteiger partial charge is 0.366 e. The molecule has 3 nitrogen and oxygen atoms in total. The first kappa shape index (κ1) is 18.9. The zero-order chi connectivity index (χ0) is 20.9. The van der Waals surface area contributed by atoms with Gasteiger partial charge in [-0.15, -0.1) is 0 Å².